The Balaban J connectivity index is 1.80. The van der Waals surface area contributed by atoms with Gasteiger partial charge >= 0.3 is 6.18 Å². The molecule has 0 spiro atoms. The molecule has 110 valence electrons. The fraction of sp³-hybridized carbons (Fsp3) is 0.500. The lowest BCUT2D eigenvalue weighted by molar-refractivity contribution is -0.137. The molecule has 1 aromatic rings. The molecule has 6 heteroatoms. The average Bonchev–Trinajstić information content (AvgIpc) is 3.20. The van der Waals surface area contributed by atoms with E-state index in [1.165, 1.54) is 12.1 Å². The number of carbonyl (C=O) groups is 1. The summed E-state index contributed by atoms with van der Waals surface area (Å²) in [5.41, 5.74) is -0.739. The minimum Gasteiger partial charge on any atom is -0.484 e. The maximum Gasteiger partial charge on any atom is 0.416 e. The molecule has 1 saturated carbocycles. The van der Waals surface area contributed by atoms with Crippen LogP contribution in [0.5, 0.6) is 5.75 Å². The second-order valence-electron chi connectivity index (χ2n) is 5.00. The van der Waals surface area contributed by atoms with Crippen molar-refractivity contribution in [2.75, 3.05) is 6.61 Å². The van der Waals surface area contributed by atoms with Crippen molar-refractivity contribution < 1.29 is 22.7 Å². The highest BCUT2D eigenvalue weighted by Crippen LogP contribution is 2.32. The number of rotatable bonds is 5. The van der Waals surface area contributed by atoms with E-state index in [2.05, 4.69) is 5.32 Å². The Kier molecular flexibility index (Phi) is 4.20. The Morgan fingerprint density at radius 1 is 1.35 bits per heavy atom. The van der Waals surface area contributed by atoms with Crippen molar-refractivity contribution in [3.05, 3.63) is 29.8 Å². The van der Waals surface area contributed by atoms with Gasteiger partial charge in [-0.25, -0.2) is 0 Å². The first-order valence-electron chi connectivity index (χ1n) is 6.45. The van der Waals surface area contributed by atoms with Crippen LogP contribution in [0.25, 0.3) is 0 Å². The fourth-order valence-corrected chi connectivity index (χ4v) is 1.90. The first-order chi connectivity index (χ1) is 9.36. The number of alkyl halides is 3. The molecule has 2 rings (SSSR count). The molecule has 1 aliphatic rings. The van der Waals surface area contributed by atoms with Gasteiger partial charge in [-0.05, 0) is 49.9 Å². The van der Waals surface area contributed by atoms with Crippen LogP contribution in [0.15, 0.2) is 24.3 Å². The lowest BCUT2D eigenvalue weighted by atomic mass is 10.2. The third kappa shape index (κ3) is 4.15. The molecule has 20 heavy (non-hydrogen) atoms. The highest BCUT2D eigenvalue weighted by molar-refractivity contribution is 5.77. The second kappa shape index (κ2) is 5.73. The summed E-state index contributed by atoms with van der Waals surface area (Å²) in [5.74, 6) is 0.529. The third-order valence-electron chi connectivity index (χ3n) is 3.27. The number of hydrogen-bond acceptors (Lipinski definition) is 2. The molecule has 1 unspecified atom stereocenters. The van der Waals surface area contributed by atoms with Crippen molar-refractivity contribution in [3.8, 4) is 5.75 Å². The second-order valence-corrected chi connectivity index (χ2v) is 5.00. The number of ether oxygens (including phenoxy) is 1. The average molecular weight is 287 g/mol. The van der Waals surface area contributed by atoms with E-state index in [0.29, 0.717) is 5.92 Å². The zero-order valence-corrected chi connectivity index (χ0v) is 11.0. The number of benzene rings is 1. The Morgan fingerprint density at radius 3 is 2.45 bits per heavy atom. The Bertz CT molecular complexity index is 466. The third-order valence-corrected chi connectivity index (χ3v) is 3.27. The van der Waals surface area contributed by atoms with Gasteiger partial charge in [0, 0.05) is 6.04 Å². The lowest BCUT2D eigenvalue weighted by Gasteiger charge is -2.13. The molecule has 1 amide bonds. The highest BCUT2D eigenvalue weighted by atomic mass is 19.4. The topological polar surface area (TPSA) is 38.3 Å². The predicted molar refractivity (Wildman–Crippen MR) is 67.3 cm³/mol. The molecule has 1 atom stereocenters. The Hall–Kier alpha value is -1.72. The van der Waals surface area contributed by atoms with Crippen molar-refractivity contribution in [1.82, 2.24) is 5.32 Å². The van der Waals surface area contributed by atoms with E-state index in [1.807, 2.05) is 6.92 Å². The van der Waals surface area contributed by atoms with Gasteiger partial charge in [0.1, 0.15) is 5.75 Å². The molecule has 0 aromatic heterocycles. The van der Waals surface area contributed by atoms with Gasteiger partial charge in [-0.1, -0.05) is 0 Å². The molecule has 3 nitrogen and oxygen atoms in total. The standard InChI is InChI=1S/C14H16F3NO2/c1-9(10-2-3-10)18-13(19)8-20-12-6-4-11(5-7-12)14(15,16)17/h4-7,9-10H,2-3,8H2,1H3,(H,18,19). The summed E-state index contributed by atoms with van der Waals surface area (Å²) >= 11 is 0. The first-order valence-corrected chi connectivity index (χ1v) is 6.45. The van der Waals surface area contributed by atoms with E-state index in [9.17, 15) is 18.0 Å². The van der Waals surface area contributed by atoms with Crippen molar-refractivity contribution >= 4 is 5.91 Å². The summed E-state index contributed by atoms with van der Waals surface area (Å²) in [6, 6.07) is 4.40. The van der Waals surface area contributed by atoms with Crippen LogP contribution in [-0.4, -0.2) is 18.6 Å². The van der Waals surface area contributed by atoms with Gasteiger partial charge in [-0.2, -0.15) is 13.2 Å². The summed E-state index contributed by atoms with van der Waals surface area (Å²) in [6.45, 7) is 1.75. The van der Waals surface area contributed by atoms with Gasteiger partial charge in [-0.15, -0.1) is 0 Å². The monoisotopic (exact) mass is 287 g/mol. The van der Waals surface area contributed by atoms with Crippen molar-refractivity contribution in [3.63, 3.8) is 0 Å². The molecule has 0 aliphatic heterocycles. The summed E-state index contributed by atoms with van der Waals surface area (Å²) in [6.07, 6.45) is -2.11. The molecular weight excluding hydrogens is 271 g/mol. The van der Waals surface area contributed by atoms with Gasteiger partial charge in [0.25, 0.3) is 5.91 Å². The quantitative estimate of drug-likeness (QED) is 0.904. The van der Waals surface area contributed by atoms with Crippen molar-refractivity contribution in [2.45, 2.75) is 32.0 Å². The molecule has 0 heterocycles. The molecule has 0 radical (unpaired) electrons. The van der Waals surface area contributed by atoms with E-state index in [-0.39, 0.29) is 24.3 Å². The van der Waals surface area contributed by atoms with Crippen LogP contribution in [0.4, 0.5) is 13.2 Å². The van der Waals surface area contributed by atoms with E-state index in [1.54, 1.807) is 0 Å². The van der Waals surface area contributed by atoms with Crippen LogP contribution < -0.4 is 10.1 Å². The zero-order valence-electron chi connectivity index (χ0n) is 11.0. The van der Waals surface area contributed by atoms with Gasteiger partial charge in [-0.3, -0.25) is 4.79 Å². The van der Waals surface area contributed by atoms with Crippen LogP contribution in [0.1, 0.15) is 25.3 Å². The van der Waals surface area contributed by atoms with Gasteiger partial charge in [0.2, 0.25) is 0 Å². The molecule has 1 N–H and O–H groups in total. The highest BCUT2D eigenvalue weighted by Gasteiger charge is 2.30. The number of carbonyl (C=O) groups excluding carboxylic acids is 1. The van der Waals surface area contributed by atoms with Crippen molar-refractivity contribution in [1.29, 1.82) is 0 Å². The van der Waals surface area contributed by atoms with Gasteiger partial charge < -0.3 is 10.1 Å². The zero-order chi connectivity index (χ0) is 14.8. The summed E-state index contributed by atoms with van der Waals surface area (Å²) in [5, 5.41) is 2.80. The number of amides is 1. The van der Waals surface area contributed by atoms with Crippen molar-refractivity contribution in [2.24, 2.45) is 5.92 Å². The van der Waals surface area contributed by atoms with Crippen LogP contribution in [0.2, 0.25) is 0 Å². The molecular formula is C14H16F3NO2. The summed E-state index contributed by atoms with van der Waals surface area (Å²) in [7, 11) is 0. The number of hydrogen-bond donors (Lipinski definition) is 1. The molecule has 1 aromatic carbocycles. The normalized spacial score (nSPS) is 16.6. The van der Waals surface area contributed by atoms with E-state index >= 15 is 0 Å². The maximum absolute atomic E-state index is 12.4. The lowest BCUT2D eigenvalue weighted by Crippen LogP contribution is -2.37. The minimum atomic E-state index is -4.37. The number of nitrogens with one attached hydrogen (secondary N) is 1. The number of halogens is 3. The fourth-order valence-electron chi connectivity index (χ4n) is 1.90. The summed E-state index contributed by atoms with van der Waals surface area (Å²) < 4.78 is 42.2. The first kappa shape index (κ1) is 14.7. The van der Waals surface area contributed by atoms with Crippen LogP contribution in [0.3, 0.4) is 0 Å². The molecule has 1 aliphatic carbocycles. The SMILES string of the molecule is CC(NC(=O)COc1ccc(C(F)(F)F)cc1)C1CC1. The smallest absolute Gasteiger partial charge is 0.416 e. The predicted octanol–water partition coefficient (Wildman–Crippen LogP) is 3.00. The van der Waals surface area contributed by atoms with E-state index in [4.69, 9.17) is 4.74 Å². The molecule has 0 bridgehead atoms. The molecule has 1 fully saturated rings. The Morgan fingerprint density at radius 2 is 1.95 bits per heavy atom. The van der Waals surface area contributed by atoms with Crippen LogP contribution in [-0.2, 0) is 11.0 Å². The Labute approximate surface area is 115 Å². The van der Waals surface area contributed by atoms with Crippen LogP contribution in [0, 0.1) is 5.92 Å². The van der Waals surface area contributed by atoms with E-state index in [0.717, 1.165) is 25.0 Å². The van der Waals surface area contributed by atoms with E-state index < -0.39 is 11.7 Å². The maximum atomic E-state index is 12.4. The summed E-state index contributed by atoms with van der Waals surface area (Å²) in [4.78, 5) is 11.6. The van der Waals surface area contributed by atoms with Gasteiger partial charge in [0.15, 0.2) is 6.61 Å². The molecule has 0 saturated heterocycles. The van der Waals surface area contributed by atoms with Gasteiger partial charge in [0.05, 0.1) is 5.56 Å². The van der Waals surface area contributed by atoms with Crippen LogP contribution >= 0.6 is 0 Å². The largest absolute Gasteiger partial charge is 0.484 e. The minimum absolute atomic E-state index is 0.124.